The van der Waals surface area contributed by atoms with Gasteiger partial charge in [-0.1, -0.05) is 43.3 Å². The molecule has 0 aliphatic carbocycles. The summed E-state index contributed by atoms with van der Waals surface area (Å²) in [6.45, 7) is 3.89. The maximum Gasteiger partial charge on any atom is 0.253 e. The first-order valence-electron chi connectivity index (χ1n) is 10.1. The predicted octanol–water partition coefficient (Wildman–Crippen LogP) is 3.99. The fraction of sp³-hybridized carbons (Fsp3) is 0.391. The fourth-order valence-electron chi connectivity index (χ4n) is 3.58. The fourth-order valence-corrected chi connectivity index (χ4v) is 3.58. The normalized spacial score (nSPS) is 15.0. The lowest BCUT2D eigenvalue weighted by atomic mass is 10.0. The molecule has 2 N–H and O–H groups in total. The van der Waals surface area contributed by atoms with Crippen LogP contribution in [0.3, 0.4) is 0 Å². The van der Waals surface area contributed by atoms with Gasteiger partial charge in [-0.25, -0.2) is 0 Å². The summed E-state index contributed by atoms with van der Waals surface area (Å²) < 4.78 is 0. The molecule has 0 saturated carbocycles. The van der Waals surface area contributed by atoms with Crippen molar-refractivity contribution in [2.45, 2.75) is 38.6 Å². The molecule has 2 aromatic carbocycles. The Balaban J connectivity index is 1.55. The summed E-state index contributed by atoms with van der Waals surface area (Å²) in [6.07, 6.45) is 4.17. The van der Waals surface area contributed by atoms with E-state index in [1.807, 2.05) is 59.5 Å². The lowest BCUT2D eigenvalue weighted by molar-refractivity contribution is -0.120. The van der Waals surface area contributed by atoms with E-state index >= 15 is 0 Å². The lowest BCUT2D eigenvalue weighted by Gasteiger charge is -2.26. The van der Waals surface area contributed by atoms with E-state index in [-0.39, 0.29) is 24.4 Å². The number of nitrogens with zero attached hydrogens (tertiary/aromatic N) is 1. The van der Waals surface area contributed by atoms with Crippen molar-refractivity contribution in [1.82, 2.24) is 10.2 Å². The monoisotopic (exact) mass is 379 g/mol. The van der Waals surface area contributed by atoms with Gasteiger partial charge in [-0.15, -0.1) is 0 Å². The van der Waals surface area contributed by atoms with Gasteiger partial charge in [-0.3, -0.25) is 9.59 Å². The summed E-state index contributed by atoms with van der Waals surface area (Å²) in [7, 11) is 0. The second-order valence-electron chi connectivity index (χ2n) is 7.23. The van der Waals surface area contributed by atoms with Crippen LogP contribution in [0.5, 0.6) is 0 Å². The summed E-state index contributed by atoms with van der Waals surface area (Å²) in [6, 6.07) is 17.4. The second kappa shape index (κ2) is 9.93. The highest BCUT2D eigenvalue weighted by molar-refractivity contribution is 5.95. The van der Waals surface area contributed by atoms with Gasteiger partial charge in [0, 0.05) is 24.3 Å². The van der Waals surface area contributed by atoms with E-state index < -0.39 is 0 Å². The molecule has 1 heterocycles. The van der Waals surface area contributed by atoms with E-state index in [9.17, 15) is 9.59 Å². The van der Waals surface area contributed by atoms with Crippen LogP contribution in [0.15, 0.2) is 54.6 Å². The van der Waals surface area contributed by atoms with Gasteiger partial charge in [0.2, 0.25) is 5.91 Å². The Hall–Kier alpha value is -2.82. The standard InChI is InChI=1S/C23H29N3O2/c1-2-21(18-10-5-3-6-11-18)25-22(27)17-24-20-13-9-12-19(16-20)23(28)26-14-7-4-8-15-26/h3,5-6,9-13,16,21,24H,2,4,7-8,14-15,17H2,1H3,(H,25,27). The molecule has 1 saturated heterocycles. The number of carbonyl (C=O) groups excluding carboxylic acids is 2. The van der Waals surface area contributed by atoms with Crippen molar-refractivity contribution in [2.24, 2.45) is 0 Å². The van der Waals surface area contributed by atoms with E-state index in [4.69, 9.17) is 0 Å². The van der Waals surface area contributed by atoms with Gasteiger partial charge in [0.1, 0.15) is 0 Å². The molecule has 2 aromatic rings. The predicted molar refractivity (Wildman–Crippen MR) is 112 cm³/mol. The highest BCUT2D eigenvalue weighted by Gasteiger charge is 2.18. The van der Waals surface area contributed by atoms with E-state index in [1.165, 1.54) is 6.42 Å². The SMILES string of the molecule is CCC(NC(=O)CNc1cccc(C(=O)N2CCCCC2)c1)c1ccccc1. The minimum Gasteiger partial charge on any atom is -0.376 e. The van der Waals surface area contributed by atoms with Crippen molar-refractivity contribution in [3.8, 4) is 0 Å². The minimum atomic E-state index is -0.0662. The van der Waals surface area contributed by atoms with E-state index in [0.717, 1.165) is 43.6 Å². The van der Waals surface area contributed by atoms with Crippen molar-refractivity contribution in [2.75, 3.05) is 25.0 Å². The maximum absolute atomic E-state index is 12.7. The van der Waals surface area contributed by atoms with Crippen molar-refractivity contribution < 1.29 is 9.59 Å². The molecule has 1 aliphatic rings. The first-order chi connectivity index (χ1) is 13.7. The quantitative estimate of drug-likeness (QED) is 0.765. The van der Waals surface area contributed by atoms with Crippen molar-refractivity contribution >= 4 is 17.5 Å². The highest BCUT2D eigenvalue weighted by Crippen LogP contribution is 2.17. The first kappa shape index (κ1) is 19.9. The number of hydrogen-bond acceptors (Lipinski definition) is 3. The van der Waals surface area contributed by atoms with E-state index in [0.29, 0.717) is 5.56 Å². The average molecular weight is 380 g/mol. The van der Waals surface area contributed by atoms with Crippen LogP contribution in [0.2, 0.25) is 0 Å². The molecule has 0 radical (unpaired) electrons. The second-order valence-corrected chi connectivity index (χ2v) is 7.23. The van der Waals surface area contributed by atoms with Crippen molar-refractivity contribution in [3.05, 3.63) is 65.7 Å². The highest BCUT2D eigenvalue weighted by atomic mass is 16.2. The zero-order chi connectivity index (χ0) is 19.8. The number of nitrogens with one attached hydrogen (secondary N) is 2. The molecule has 0 spiro atoms. The van der Waals surface area contributed by atoms with Crippen LogP contribution >= 0.6 is 0 Å². The zero-order valence-corrected chi connectivity index (χ0v) is 16.5. The summed E-state index contributed by atoms with van der Waals surface area (Å²) in [4.78, 5) is 26.9. The Bertz CT molecular complexity index is 785. The molecule has 1 atom stereocenters. The summed E-state index contributed by atoms with van der Waals surface area (Å²) >= 11 is 0. The number of rotatable bonds is 7. The third-order valence-corrected chi connectivity index (χ3v) is 5.15. The van der Waals surface area contributed by atoms with Crippen molar-refractivity contribution in [1.29, 1.82) is 0 Å². The van der Waals surface area contributed by atoms with Crippen LogP contribution in [-0.2, 0) is 4.79 Å². The van der Waals surface area contributed by atoms with E-state index in [1.54, 1.807) is 0 Å². The maximum atomic E-state index is 12.7. The largest absolute Gasteiger partial charge is 0.376 e. The molecular weight excluding hydrogens is 350 g/mol. The molecular formula is C23H29N3O2. The molecule has 148 valence electrons. The Morgan fingerprint density at radius 1 is 1.00 bits per heavy atom. The number of anilines is 1. The number of benzene rings is 2. The van der Waals surface area contributed by atoms with Gasteiger partial charge in [0.15, 0.2) is 0 Å². The smallest absolute Gasteiger partial charge is 0.253 e. The number of carbonyl (C=O) groups is 2. The van der Waals surface area contributed by atoms with Gasteiger partial charge in [-0.2, -0.15) is 0 Å². The number of likely N-dealkylation sites (tertiary alicyclic amines) is 1. The van der Waals surface area contributed by atoms with Crippen LogP contribution in [0.4, 0.5) is 5.69 Å². The van der Waals surface area contributed by atoms with Gasteiger partial charge in [0.25, 0.3) is 5.91 Å². The van der Waals surface area contributed by atoms with Crippen LogP contribution < -0.4 is 10.6 Å². The third kappa shape index (κ3) is 5.35. The zero-order valence-electron chi connectivity index (χ0n) is 16.5. The molecule has 1 aliphatic heterocycles. The van der Waals surface area contributed by atoms with E-state index in [2.05, 4.69) is 17.6 Å². The average Bonchev–Trinajstić information content (AvgIpc) is 2.77. The summed E-state index contributed by atoms with van der Waals surface area (Å²) in [5, 5.41) is 6.21. The number of piperidine rings is 1. The molecule has 5 heteroatoms. The molecule has 28 heavy (non-hydrogen) atoms. The van der Waals surface area contributed by atoms with Crippen LogP contribution in [0, 0.1) is 0 Å². The molecule has 3 rings (SSSR count). The lowest BCUT2D eigenvalue weighted by Crippen LogP contribution is -2.35. The number of amides is 2. The first-order valence-corrected chi connectivity index (χ1v) is 10.1. The van der Waals surface area contributed by atoms with Crippen molar-refractivity contribution in [3.63, 3.8) is 0 Å². The molecule has 1 unspecified atom stereocenters. The van der Waals surface area contributed by atoms with Crippen LogP contribution in [-0.4, -0.2) is 36.3 Å². The Kier molecular flexibility index (Phi) is 7.06. The summed E-state index contributed by atoms with van der Waals surface area (Å²) in [5.74, 6) is 0.00592. The molecule has 2 amide bonds. The van der Waals surface area contributed by atoms with Crippen LogP contribution in [0.1, 0.15) is 54.6 Å². The van der Waals surface area contributed by atoms with Crippen LogP contribution in [0.25, 0.3) is 0 Å². The minimum absolute atomic E-state index is 0.00233. The molecule has 0 bridgehead atoms. The van der Waals surface area contributed by atoms with Gasteiger partial charge >= 0.3 is 0 Å². The Labute approximate surface area is 167 Å². The molecule has 1 fully saturated rings. The van der Waals surface area contributed by atoms with Gasteiger partial charge in [-0.05, 0) is 49.4 Å². The van der Waals surface area contributed by atoms with Gasteiger partial charge in [0.05, 0.1) is 12.6 Å². The topological polar surface area (TPSA) is 61.4 Å². The van der Waals surface area contributed by atoms with Gasteiger partial charge < -0.3 is 15.5 Å². The Morgan fingerprint density at radius 2 is 1.75 bits per heavy atom. The molecule has 0 aromatic heterocycles. The Morgan fingerprint density at radius 3 is 2.46 bits per heavy atom. The summed E-state index contributed by atoms with van der Waals surface area (Å²) in [5.41, 5.74) is 2.56. The molecule has 5 nitrogen and oxygen atoms in total. The third-order valence-electron chi connectivity index (χ3n) is 5.15. The number of hydrogen-bond donors (Lipinski definition) is 2.